The van der Waals surface area contributed by atoms with Crippen LogP contribution in [0.2, 0.25) is 5.02 Å². The normalized spacial score (nSPS) is 20.7. The summed E-state index contributed by atoms with van der Waals surface area (Å²) in [5, 5.41) is 12.8. The second-order valence-electron chi connectivity index (χ2n) is 4.67. The zero-order valence-corrected chi connectivity index (χ0v) is 11.7. The van der Waals surface area contributed by atoms with Crippen molar-refractivity contribution in [3.8, 4) is 0 Å². The fraction of sp³-hybridized carbons (Fsp3) is 0.417. The van der Waals surface area contributed by atoms with E-state index in [1.807, 2.05) is 0 Å². The fourth-order valence-electron chi connectivity index (χ4n) is 2.12. The molecule has 0 aliphatic carbocycles. The third-order valence-electron chi connectivity index (χ3n) is 3.30. The first-order valence-electron chi connectivity index (χ1n) is 5.81. The van der Waals surface area contributed by atoms with Crippen LogP contribution >= 0.6 is 11.6 Å². The van der Waals surface area contributed by atoms with Gasteiger partial charge in [0.15, 0.2) is 9.84 Å². The van der Waals surface area contributed by atoms with Crippen molar-refractivity contribution < 1.29 is 18.3 Å². The van der Waals surface area contributed by atoms with Gasteiger partial charge in [-0.1, -0.05) is 17.7 Å². The molecule has 0 amide bonds. The van der Waals surface area contributed by atoms with Gasteiger partial charge in [0, 0.05) is 10.7 Å². The van der Waals surface area contributed by atoms with Crippen LogP contribution < -0.4 is 5.32 Å². The van der Waals surface area contributed by atoms with Gasteiger partial charge < -0.3 is 10.4 Å². The number of carboxylic acids is 1. The van der Waals surface area contributed by atoms with Gasteiger partial charge in [0.1, 0.15) is 5.54 Å². The number of hydrogen-bond acceptors (Lipinski definition) is 4. The lowest BCUT2D eigenvalue weighted by Gasteiger charge is -2.34. The van der Waals surface area contributed by atoms with Crippen molar-refractivity contribution in [3.05, 3.63) is 29.3 Å². The number of sulfone groups is 1. The van der Waals surface area contributed by atoms with Gasteiger partial charge in [-0.3, -0.25) is 0 Å². The van der Waals surface area contributed by atoms with E-state index in [9.17, 15) is 18.3 Å². The van der Waals surface area contributed by atoms with E-state index in [0.29, 0.717) is 10.7 Å². The Hall–Kier alpha value is -1.27. The Morgan fingerprint density at radius 2 is 1.95 bits per heavy atom. The van der Waals surface area contributed by atoms with E-state index >= 15 is 0 Å². The van der Waals surface area contributed by atoms with Crippen LogP contribution in [-0.4, -0.2) is 36.5 Å². The van der Waals surface area contributed by atoms with E-state index in [0.717, 1.165) is 0 Å². The zero-order chi connectivity index (χ0) is 14.1. The van der Waals surface area contributed by atoms with Crippen LogP contribution in [0.5, 0.6) is 0 Å². The van der Waals surface area contributed by atoms with Gasteiger partial charge in [-0.2, -0.15) is 0 Å². The molecular formula is C12H14ClNO4S. The van der Waals surface area contributed by atoms with Gasteiger partial charge in [0.05, 0.1) is 11.5 Å². The predicted molar refractivity (Wildman–Crippen MR) is 73.3 cm³/mol. The summed E-state index contributed by atoms with van der Waals surface area (Å²) in [6.07, 6.45) is 0.106. The van der Waals surface area contributed by atoms with Crippen LogP contribution in [0.4, 0.5) is 5.69 Å². The standard InChI is InChI=1S/C12H14ClNO4S/c13-9-2-1-3-10(8-9)14-12(11(15)16)4-6-19(17,18)7-5-12/h1-3,8,14H,4-7H2,(H,15,16). The Morgan fingerprint density at radius 3 is 2.47 bits per heavy atom. The molecule has 0 unspecified atom stereocenters. The molecule has 5 nitrogen and oxygen atoms in total. The molecule has 7 heteroatoms. The number of benzene rings is 1. The average molecular weight is 304 g/mol. The van der Waals surface area contributed by atoms with Crippen LogP contribution in [0.1, 0.15) is 12.8 Å². The highest BCUT2D eigenvalue weighted by Crippen LogP contribution is 2.29. The van der Waals surface area contributed by atoms with E-state index in [4.69, 9.17) is 11.6 Å². The van der Waals surface area contributed by atoms with E-state index in [-0.39, 0.29) is 24.3 Å². The van der Waals surface area contributed by atoms with Gasteiger partial charge in [0.2, 0.25) is 0 Å². The Morgan fingerprint density at radius 1 is 1.32 bits per heavy atom. The average Bonchev–Trinajstić information content (AvgIpc) is 2.32. The number of nitrogens with one attached hydrogen (secondary N) is 1. The molecule has 1 aliphatic heterocycles. The largest absolute Gasteiger partial charge is 0.480 e. The number of halogens is 1. The molecular weight excluding hydrogens is 290 g/mol. The lowest BCUT2D eigenvalue weighted by molar-refractivity contribution is -0.142. The highest BCUT2D eigenvalue weighted by Gasteiger charge is 2.43. The quantitative estimate of drug-likeness (QED) is 0.889. The summed E-state index contributed by atoms with van der Waals surface area (Å²) in [7, 11) is -3.12. The summed E-state index contributed by atoms with van der Waals surface area (Å²) < 4.78 is 22.9. The summed E-state index contributed by atoms with van der Waals surface area (Å²) in [5.74, 6) is -1.28. The Balaban J connectivity index is 2.24. The molecule has 0 bridgehead atoms. The summed E-state index contributed by atoms with van der Waals surface area (Å²) in [6.45, 7) is 0. The summed E-state index contributed by atoms with van der Waals surface area (Å²) in [4.78, 5) is 11.5. The molecule has 1 saturated heterocycles. The van der Waals surface area contributed by atoms with Crippen LogP contribution in [-0.2, 0) is 14.6 Å². The second-order valence-corrected chi connectivity index (χ2v) is 7.41. The molecule has 0 aromatic heterocycles. The van der Waals surface area contributed by atoms with Gasteiger partial charge in [-0.15, -0.1) is 0 Å². The molecule has 0 radical (unpaired) electrons. The van der Waals surface area contributed by atoms with Crippen molar-refractivity contribution in [2.75, 3.05) is 16.8 Å². The molecule has 1 fully saturated rings. The van der Waals surface area contributed by atoms with Gasteiger partial charge >= 0.3 is 5.97 Å². The van der Waals surface area contributed by atoms with Gasteiger partial charge in [-0.25, -0.2) is 13.2 Å². The Kier molecular flexibility index (Phi) is 3.73. The van der Waals surface area contributed by atoms with Crippen molar-refractivity contribution in [2.24, 2.45) is 0 Å². The topological polar surface area (TPSA) is 83.5 Å². The molecule has 2 N–H and O–H groups in total. The van der Waals surface area contributed by atoms with Crippen LogP contribution in [0, 0.1) is 0 Å². The zero-order valence-electron chi connectivity index (χ0n) is 10.1. The van der Waals surface area contributed by atoms with Crippen molar-refractivity contribution >= 4 is 33.1 Å². The molecule has 1 aliphatic rings. The summed E-state index contributed by atoms with van der Waals surface area (Å²) in [5.41, 5.74) is -0.662. The molecule has 0 saturated carbocycles. The highest BCUT2D eigenvalue weighted by molar-refractivity contribution is 7.91. The predicted octanol–water partition coefficient (Wildman–Crippen LogP) is 1.78. The Labute approximate surface area is 116 Å². The maximum atomic E-state index is 11.5. The first-order chi connectivity index (χ1) is 8.83. The molecule has 0 spiro atoms. The SMILES string of the molecule is O=C(O)C1(Nc2cccc(Cl)c2)CCS(=O)(=O)CC1. The number of carboxylic acid groups (broad SMARTS) is 1. The van der Waals surface area contributed by atoms with Crippen LogP contribution in [0.15, 0.2) is 24.3 Å². The number of rotatable bonds is 3. The molecule has 2 rings (SSSR count). The third-order valence-corrected chi connectivity index (χ3v) is 5.18. The first kappa shape index (κ1) is 14.1. The number of anilines is 1. The first-order valence-corrected chi connectivity index (χ1v) is 8.01. The van der Waals surface area contributed by atoms with E-state index in [2.05, 4.69) is 5.32 Å². The van der Waals surface area contributed by atoms with E-state index < -0.39 is 21.3 Å². The van der Waals surface area contributed by atoms with Crippen molar-refractivity contribution in [2.45, 2.75) is 18.4 Å². The van der Waals surface area contributed by atoms with Gasteiger partial charge in [-0.05, 0) is 31.0 Å². The van der Waals surface area contributed by atoms with Crippen molar-refractivity contribution in [1.29, 1.82) is 0 Å². The molecule has 19 heavy (non-hydrogen) atoms. The van der Waals surface area contributed by atoms with E-state index in [1.54, 1.807) is 24.3 Å². The number of carbonyl (C=O) groups is 1. The summed E-state index contributed by atoms with van der Waals surface area (Å²) >= 11 is 5.85. The molecule has 1 aromatic carbocycles. The lowest BCUT2D eigenvalue weighted by Crippen LogP contribution is -2.51. The minimum absolute atomic E-state index is 0.0528. The molecule has 0 atom stereocenters. The fourth-order valence-corrected chi connectivity index (χ4v) is 3.83. The minimum Gasteiger partial charge on any atom is -0.480 e. The minimum atomic E-state index is -3.12. The molecule has 1 aromatic rings. The maximum absolute atomic E-state index is 11.5. The lowest BCUT2D eigenvalue weighted by atomic mass is 9.92. The number of aliphatic carboxylic acids is 1. The second kappa shape index (κ2) is 5.02. The molecule has 1 heterocycles. The van der Waals surface area contributed by atoms with Crippen LogP contribution in [0.25, 0.3) is 0 Å². The highest BCUT2D eigenvalue weighted by atomic mass is 35.5. The smallest absolute Gasteiger partial charge is 0.329 e. The van der Waals surface area contributed by atoms with Crippen LogP contribution in [0.3, 0.4) is 0 Å². The molecule has 104 valence electrons. The third kappa shape index (κ3) is 3.19. The Bertz CT molecular complexity index is 586. The summed E-state index contributed by atoms with van der Waals surface area (Å²) in [6, 6.07) is 6.72. The van der Waals surface area contributed by atoms with Crippen molar-refractivity contribution in [3.63, 3.8) is 0 Å². The maximum Gasteiger partial charge on any atom is 0.329 e. The van der Waals surface area contributed by atoms with E-state index in [1.165, 1.54) is 0 Å². The van der Waals surface area contributed by atoms with Gasteiger partial charge in [0.25, 0.3) is 0 Å². The monoisotopic (exact) mass is 303 g/mol. The van der Waals surface area contributed by atoms with Crippen molar-refractivity contribution in [1.82, 2.24) is 0 Å². The number of hydrogen-bond donors (Lipinski definition) is 2.